The number of carboxylic acids is 1. The van der Waals surface area contributed by atoms with E-state index in [1.807, 2.05) is 0 Å². The highest BCUT2D eigenvalue weighted by Gasteiger charge is 2.32. The fourth-order valence-electron chi connectivity index (χ4n) is 1.99. The largest absolute Gasteiger partial charge is 0.479 e. The number of thiazole rings is 1. The van der Waals surface area contributed by atoms with Crippen LogP contribution in [0.15, 0.2) is 23.6 Å². The molecule has 0 fully saturated rings. The van der Waals surface area contributed by atoms with Crippen LogP contribution in [0.2, 0.25) is 0 Å². The Morgan fingerprint density at radius 3 is 2.59 bits per heavy atom. The molecule has 0 radical (unpaired) electrons. The number of carboxylic acid groups (broad SMARTS) is 1. The Morgan fingerprint density at radius 2 is 2.05 bits per heavy atom. The molecule has 0 bridgehead atoms. The zero-order valence-corrected chi connectivity index (χ0v) is 12.5. The van der Waals surface area contributed by atoms with E-state index in [1.54, 1.807) is 6.92 Å². The molecule has 1 aromatic heterocycles. The van der Waals surface area contributed by atoms with Crippen LogP contribution in [-0.4, -0.2) is 33.9 Å². The van der Waals surface area contributed by atoms with Crippen molar-refractivity contribution in [3.63, 3.8) is 0 Å². The maximum atomic E-state index is 13.8. The highest BCUT2D eigenvalue weighted by Crippen LogP contribution is 2.25. The van der Waals surface area contributed by atoms with Crippen LogP contribution in [0.5, 0.6) is 0 Å². The standard InChI is InChI=1S/C14H12F2N2O3S/c1-7-17-11(6-22-7)13(19)18(2)12(14(20)21)9-5-8(15)3-4-10(9)16/h3-6,12H,1-2H3,(H,20,21). The number of benzene rings is 1. The number of likely N-dealkylation sites (N-methyl/N-ethyl adjacent to an activating group) is 1. The van der Waals surface area contributed by atoms with E-state index in [-0.39, 0.29) is 5.69 Å². The number of carbonyl (C=O) groups excluding carboxylic acids is 1. The van der Waals surface area contributed by atoms with Crippen molar-refractivity contribution in [1.29, 1.82) is 0 Å². The fourth-order valence-corrected chi connectivity index (χ4v) is 2.58. The van der Waals surface area contributed by atoms with Crippen LogP contribution in [0.3, 0.4) is 0 Å². The summed E-state index contributed by atoms with van der Waals surface area (Å²) in [6, 6.07) is 0.824. The van der Waals surface area contributed by atoms with E-state index >= 15 is 0 Å². The van der Waals surface area contributed by atoms with Crippen LogP contribution in [0.25, 0.3) is 0 Å². The molecule has 116 valence electrons. The first-order valence-electron chi connectivity index (χ1n) is 6.18. The van der Waals surface area contributed by atoms with Gasteiger partial charge in [-0.2, -0.15) is 0 Å². The van der Waals surface area contributed by atoms with E-state index in [2.05, 4.69) is 4.98 Å². The Labute approximate surface area is 128 Å². The number of aliphatic carboxylic acids is 1. The minimum atomic E-state index is -1.65. The molecular formula is C14H12F2N2O3S. The Hall–Kier alpha value is -2.35. The van der Waals surface area contributed by atoms with Gasteiger partial charge in [0, 0.05) is 18.0 Å². The number of halogens is 2. The number of amides is 1. The van der Waals surface area contributed by atoms with Crippen LogP contribution in [0.1, 0.15) is 27.1 Å². The molecule has 0 spiro atoms. The van der Waals surface area contributed by atoms with Crippen molar-refractivity contribution in [2.75, 3.05) is 7.05 Å². The second kappa shape index (κ2) is 6.18. The highest BCUT2D eigenvalue weighted by atomic mass is 32.1. The second-order valence-electron chi connectivity index (χ2n) is 4.57. The molecule has 0 saturated heterocycles. The van der Waals surface area contributed by atoms with Crippen molar-refractivity contribution in [2.45, 2.75) is 13.0 Å². The number of carbonyl (C=O) groups is 2. The van der Waals surface area contributed by atoms with E-state index in [0.717, 1.165) is 23.1 Å². The van der Waals surface area contributed by atoms with E-state index in [0.29, 0.717) is 5.01 Å². The Morgan fingerprint density at radius 1 is 1.36 bits per heavy atom. The maximum Gasteiger partial charge on any atom is 0.331 e. The maximum absolute atomic E-state index is 13.8. The van der Waals surface area contributed by atoms with Crippen molar-refractivity contribution in [3.05, 3.63) is 51.5 Å². The molecule has 1 atom stereocenters. The van der Waals surface area contributed by atoms with Gasteiger partial charge in [0.1, 0.15) is 17.3 Å². The van der Waals surface area contributed by atoms with Gasteiger partial charge in [0.15, 0.2) is 6.04 Å². The lowest BCUT2D eigenvalue weighted by Crippen LogP contribution is -2.36. The van der Waals surface area contributed by atoms with Crippen molar-refractivity contribution in [1.82, 2.24) is 9.88 Å². The predicted octanol–water partition coefficient (Wildman–Crippen LogP) is 2.63. The minimum absolute atomic E-state index is 0.0630. The first-order valence-corrected chi connectivity index (χ1v) is 7.06. The van der Waals surface area contributed by atoms with Gasteiger partial charge in [-0.3, -0.25) is 4.79 Å². The highest BCUT2D eigenvalue weighted by molar-refractivity contribution is 7.09. The summed E-state index contributed by atoms with van der Waals surface area (Å²) in [4.78, 5) is 28.5. The van der Waals surface area contributed by atoms with Crippen molar-refractivity contribution >= 4 is 23.2 Å². The summed E-state index contributed by atoms with van der Waals surface area (Å²) < 4.78 is 27.1. The van der Waals surface area contributed by atoms with Crippen molar-refractivity contribution < 1.29 is 23.5 Å². The lowest BCUT2D eigenvalue weighted by atomic mass is 10.0. The molecule has 2 aromatic rings. The number of hydrogen-bond acceptors (Lipinski definition) is 4. The van der Waals surface area contributed by atoms with Gasteiger partial charge in [0.2, 0.25) is 0 Å². The third-order valence-electron chi connectivity index (χ3n) is 3.03. The molecule has 5 nitrogen and oxygen atoms in total. The lowest BCUT2D eigenvalue weighted by molar-refractivity contribution is -0.142. The average molecular weight is 326 g/mol. The minimum Gasteiger partial charge on any atom is -0.479 e. The third kappa shape index (κ3) is 3.11. The van der Waals surface area contributed by atoms with Gasteiger partial charge in [-0.05, 0) is 25.1 Å². The zero-order chi connectivity index (χ0) is 16.4. The molecule has 0 saturated carbocycles. The number of aromatic nitrogens is 1. The number of rotatable bonds is 4. The molecule has 1 unspecified atom stereocenters. The monoisotopic (exact) mass is 326 g/mol. The molecule has 1 amide bonds. The van der Waals surface area contributed by atoms with E-state index in [1.165, 1.54) is 23.8 Å². The van der Waals surface area contributed by atoms with Gasteiger partial charge in [-0.1, -0.05) is 0 Å². The third-order valence-corrected chi connectivity index (χ3v) is 3.81. The summed E-state index contributed by atoms with van der Waals surface area (Å²) in [5.74, 6) is -3.83. The Balaban J connectivity index is 2.41. The first-order chi connectivity index (χ1) is 10.3. The van der Waals surface area contributed by atoms with Crippen molar-refractivity contribution in [2.24, 2.45) is 0 Å². The number of aryl methyl sites for hydroxylation is 1. The lowest BCUT2D eigenvalue weighted by Gasteiger charge is -2.24. The molecule has 1 aromatic carbocycles. The summed E-state index contributed by atoms with van der Waals surface area (Å²) >= 11 is 1.23. The SMILES string of the molecule is Cc1nc(C(=O)N(C)C(C(=O)O)c2cc(F)ccc2F)cs1. The van der Waals surface area contributed by atoms with Gasteiger partial charge >= 0.3 is 5.97 Å². The average Bonchev–Trinajstić information content (AvgIpc) is 2.88. The van der Waals surface area contributed by atoms with Gasteiger partial charge in [0.25, 0.3) is 5.91 Å². The fraction of sp³-hybridized carbons (Fsp3) is 0.214. The van der Waals surface area contributed by atoms with Gasteiger partial charge in [-0.15, -0.1) is 11.3 Å². The van der Waals surface area contributed by atoms with Crippen LogP contribution in [-0.2, 0) is 4.79 Å². The predicted molar refractivity (Wildman–Crippen MR) is 75.7 cm³/mol. The quantitative estimate of drug-likeness (QED) is 0.937. The van der Waals surface area contributed by atoms with Gasteiger partial charge in [0.05, 0.1) is 5.01 Å². The summed E-state index contributed by atoms with van der Waals surface area (Å²) in [6.07, 6.45) is 0. The topological polar surface area (TPSA) is 70.5 Å². The molecule has 22 heavy (non-hydrogen) atoms. The summed E-state index contributed by atoms with van der Waals surface area (Å²) in [5, 5.41) is 11.4. The van der Waals surface area contributed by atoms with Crippen LogP contribution in [0.4, 0.5) is 8.78 Å². The summed E-state index contributed by atoms with van der Waals surface area (Å²) in [7, 11) is 1.21. The van der Waals surface area contributed by atoms with Crippen LogP contribution >= 0.6 is 11.3 Å². The smallest absolute Gasteiger partial charge is 0.331 e. The number of nitrogens with zero attached hydrogens (tertiary/aromatic N) is 2. The molecule has 0 aliphatic rings. The number of hydrogen-bond donors (Lipinski definition) is 1. The molecule has 0 aliphatic carbocycles. The molecule has 1 heterocycles. The summed E-state index contributed by atoms with van der Waals surface area (Å²) in [5.41, 5.74) is -0.358. The molecule has 2 rings (SSSR count). The second-order valence-corrected chi connectivity index (χ2v) is 5.64. The normalized spacial score (nSPS) is 12.0. The first kappa shape index (κ1) is 16.0. The summed E-state index contributed by atoms with van der Waals surface area (Å²) in [6.45, 7) is 1.70. The van der Waals surface area contributed by atoms with Gasteiger partial charge in [-0.25, -0.2) is 18.6 Å². The van der Waals surface area contributed by atoms with Gasteiger partial charge < -0.3 is 10.0 Å². The molecular weight excluding hydrogens is 314 g/mol. The van der Waals surface area contributed by atoms with Crippen molar-refractivity contribution in [3.8, 4) is 0 Å². The van der Waals surface area contributed by atoms with Crippen LogP contribution < -0.4 is 0 Å². The van der Waals surface area contributed by atoms with Crippen LogP contribution in [0, 0.1) is 18.6 Å². The zero-order valence-electron chi connectivity index (χ0n) is 11.7. The Kier molecular flexibility index (Phi) is 4.51. The Bertz CT molecular complexity index is 733. The molecule has 0 aliphatic heterocycles. The molecule has 8 heteroatoms. The molecule has 1 N–H and O–H groups in total. The van der Waals surface area contributed by atoms with E-state index in [4.69, 9.17) is 0 Å². The van der Waals surface area contributed by atoms with E-state index in [9.17, 15) is 23.5 Å². The van der Waals surface area contributed by atoms with E-state index < -0.39 is 35.1 Å².